The number of phosphoric acid groups is 2. The van der Waals surface area contributed by atoms with Gasteiger partial charge < -0.3 is 47.8 Å². The highest BCUT2D eigenvalue weighted by Gasteiger charge is 2.52. The van der Waals surface area contributed by atoms with Gasteiger partial charge in [0, 0.05) is 34.2 Å². The molecule has 3 saturated heterocycles. The lowest BCUT2D eigenvalue weighted by Gasteiger charge is -2.34. The molecule has 20 nitrogen and oxygen atoms in total. The Labute approximate surface area is 253 Å². The van der Waals surface area contributed by atoms with Crippen molar-refractivity contribution in [2.24, 2.45) is 0 Å². The first-order chi connectivity index (χ1) is 20.4. The summed E-state index contributed by atoms with van der Waals surface area (Å²) in [6, 6.07) is 0.995. The first kappa shape index (κ1) is 34.7. The molecule has 0 radical (unpaired) electrons. The maximum atomic E-state index is 15.8. The van der Waals surface area contributed by atoms with E-state index < -0.39 is 89.3 Å². The van der Waals surface area contributed by atoms with Crippen molar-refractivity contribution in [2.75, 3.05) is 26.1 Å². The first-order valence-electron chi connectivity index (χ1n) is 12.4. The third-order valence-corrected chi connectivity index (χ3v) is 8.84. The van der Waals surface area contributed by atoms with Crippen LogP contribution in [0.2, 0.25) is 0 Å². The molecule has 3 N–H and O–H groups in total. The van der Waals surface area contributed by atoms with Crippen LogP contribution in [-0.4, -0.2) is 86.1 Å². The number of aromatic amines is 1. The molecule has 45 heavy (non-hydrogen) atoms. The second-order valence-corrected chi connectivity index (χ2v) is 12.2. The van der Waals surface area contributed by atoms with E-state index in [1.807, 2.05) is 4.98 Å². The molecule has 6 rings (SSSR count). The number of H-pyrrole nitrogens is 1. The van der Waals surface area contributed by atoms with Crippen molar-refractivity contribution in [3.63, 3.8) is 0 Å². The van der Waals surface area contributed by atoms with Gasteiger partial charge in [-0.05, 0) is 0 Å². The lowest BCUT2D eigenvalue weighted by atomic mass is 10.1. The van der Waals surface area contributed by atoms with Gasteiger partial charge >= 0.3 is 5.69 Å². The van der Waals surface area contributed by atoms with E-state index in [1.165, 1.54) is 0 Å². The lowest BCUT2D eigenvalue weighted by molar-refractivity contribution is -0.244. The molecule has 10 atom stereocenters. The van der Waals surface area contributed by atoms with Gasteiger partial charge in [0.15, 0.2) is 30.1 Å². The minimum atomic E-state index is -5.36. The lowest BCUT2D eigenvalue weighted by Crippen LogP contribution is -2.41. The zero-order chi connectivity index (χ0) is 30.7. The molecule has 246 valence electrons. The third-order valence-electron chi connectivity index (χ3n) is 6.91. The number of nitrogens with one attached hydrogen (secondary N) is 1. The molecule has 0 spiro atoms. The van der Waals surface area contributed by atoms with Gasteiger partial charge in [-0.3, -0.25) is 28.0 Å². The van der Waals surface area contributed by atoms with Gasteiger partial charge in [0.1, 0.15) is 42.4 Å². The molecular weight excluding hydrogens is 651 g/mol. The molecule has 3 aliphatic heterocycles. The number of nitrogen functional groups attached to an aromatic ring is 1. The van der Waals surface area contributed by atoms with E-state index in [2.05, 4.69) is 15.0 Å². The van der Waals surface area contributed by atoms with Crippen LogP contribution in [0.1, 0.15) is 12.5 Å². The van der Waals surface area contributed by atoms with E-state index in [4.69, 9.17) is 38.0 Å². The van der Waals surface area contributed by atoms with E-state index in [9.17, 15) is 28.5 Å². The van der Waals surface area contributed by atoms with Crippen molar-refractivity contribution in [2.45, 2.75) is 49.1 Å². The van der Waals surface area contributed by atoms with Crippen molar-refractivity contribution >= 4 is 32.6 Å². The van der Waals surface area contributed by atoms with Gasteiger partial charge in [-0.1, -0.05) is 0 Å². The van der Waals surface area contributed by atoms with Gasteiger partial charge in [0.25, 0.3) is 21.2 Å². The van der Waals surface area contributed by atoms with Crippen LogP contribution in [0.4, 0.5) is 10.2 Å². The molecule has 23 heteroatoms. The number of hydrogen-bond donors (Lipinski definition) is 2. The zero-order valence-corrected chi connectivity index (χ0v) is 25.5. The van der Waals surface area contributed by atoms with Gasteiger partial charge in [-0.15, -0.1) is 0 Å². The van der Waals surface area contributed by atoms with E-state index in [0.717, 1.165) is 41.2 Å². The Bertz CT molecular complexity index is 1740. The van der Waals surface area contributed by atoms with Crippen molar-refractivity contribution in [3.05, 3.63) is 60.6 Å². The molecule has 3 aromatic heterocycles. The number of nitrogens with two attached hydrogens (primary N) is 1. The summed E-state index contributed by atoms with van der Waals surface area (Å²) < 4.78 is 80.3. The van der Waals surface area contributed by atoms with Crippen LogP contribution < -0.4 is 26.8 Å². The van der Waals surface area contributed by atoms with E-state index in [-0.39, 0.29) is 31.8 Å². The maximum Gasteiger partial charge on any atom is 0.330 e. The van der Waals surface area contributed by atoms with Crippen molar-refractivity contribution in [3.8, 4) is 0 Å². The second-order valence-electron chi connectivity index (χ2n) is 9.50. The molecule has 0 aromatic carbocycles. The number of alkyl halides is 1. The highest BCUT2D eigenvalue weighted by atomic mass is 31.2. The number of nitrogens with zero attached hydrogens (tertiary/aromatic N) is 5. The third kappa shape index (κ3) is 6.56. The fourth-order valence-electron chi connectivity index (χ4n) is 4.99. The fraction of sp³-hybridized carbons (Fsp3) is 0.500. The number of anilines is 1. The summed E-state index contributed by atoms with van der Waals surface area (Å²) in [6.45, 7) is -1.87. The van der Waals surface area contributed by atoms with Crippen LogP contribution >= 0.6 is 15.6 Å². The fourth-order valence-corrected chi connectivity index (χ4v) is 6.88. The number of hydrogen-bond acceptors (Lipinski definition) is 17. The number of ether oxygens (including phenoxy) is 3. The normalized spacial score (nSPS) is 37.0. The topological polar surface area (TPSA) is 269 Å². The van der Waals surface area contributed by atoms with Crippen LogP contribution in [0.3, 0.4) is 0 Å². The molecule has 0 aliphatic carbocycles. The monoisotopic (exact) mass is 679 g/mol. The number of halogens is 1. The first-order valence-corrected chi connectivity index (χ1v) is 15.3. The predicted octanol–water partition coefficient (Wildman–Crippen LogP) is -1.24. The summed E-state index contributed by atoms with van der Waals surface area (Å²) in [5, 5.41) is 0. The van der Waals surface area contributed by atoms with Gasteiger partial charge in [-0.2, -0.15) is 0 Å². The number of fused-ring (bicyclic) bond motifs is 3. The van der Waals surface area contributed by atoms with Crippen molar-refractivity contribution < 1.29 is 55.6 Å². The minimum absolute atomic E-state index is 0. The average Bonchev–Trinajstić information content (AvgIpc) is 3.60. The van der Waals surface area contributed by atoms with Crippen molar-refractivity contribution in [1.29, 1.82) is 0 Å². The zero-order valence-electron chi connectivity index (χ0n) is 23.7. The highest BCUT2D eigenvalue weighted by Crippen LogP contribution is 2.51. The number of imidazole rings is 1. The molecule has 0 amide bonds. The summed E-state index contributed by atoms with van der Waals surface area (Å²) in [7, 11) is -9.51. The molecule has 3 aliphatic rings. The second kappa shape index (κ2) is 12.9. The molecule has 3 aromatic rings. The summed E-state index contributed by atoms with van der Waals surface area (Å²) in [4.78, 5) is 63.5. The predicted molar refractivity (Wildman–Crippen MR) is 144 cm³/mol. The molecule has 6 heterocycles. The van der Waals surface area contributed by atoms with Gasteiger partial charge in [0.2, 0.25) is 0 Å². The summed E-state index contributed by atoms with van der Waals surface area (Å²) >= 11 is 0. The van der Waals surface area contributed by atoms with Crippen LogP contribution in [0.25, 0.3) is 11.2 Å². The largest absolute Gasteiger partial charge is 0.756 e. The molecule has 2 unspecified atom stereocenters. The average molecular weight is 679 g/mol. The summed E-state index contributed by atoms with van der Waals surface area (Å²) in [5.41, 5.74) is 4.27. The van der Waals surface area contributed by atoms with Crippen LogP contribution in [0.5, 0.6) is 0 Å². The Kier molecular flexibility index (Phi) is 9.93. The van der Waals surface area contributed by atoms with Gasteiger partial charge in [-0.25, -0.2) is 24.1 Å². The van der Waals surface area contributed by atoms with E-state index in [1.54, 1.807) is 0 Å². The standard InChI is InChI=1S/C20H24FN7O13P2.2CH3/c1-35-15-14-9(39-19(15)27-3-2-10(29)26-20(27)30)5-37-42(31,32)40-13-8(4-36-43(33,34)41-14)38-18(11(13)21)28-7-25-12-16(22)23-6-24-17(12)28;;/h2-3,6-9,11,13-15,18-19H,4-5H2,1H3,(H,31,32)(H,33,34)(H2,22,23,24)(H,26,29,30);2*1H3/q;2*+1/p-2/t8-,9-,11-,13-,14-,15-,18-,19-;;/m1../s1. The summed E-state index contributed by atoms with van der Waals surface area (Å²) in [5.74, 6) is -0.0140. The molecule has 0 bridgehead atoms. The Morgan fingerprint density at radius 2 is 1.62 bits per heavy atom. The number of phosphoric ester groups is 2. The maximum absolute atomic E-state index is 15.8. The van der Waals surface area contributed by atoms with E-state index >= 15 is 4.39 Å². The Balaban J connectivity index is 0.00000230. The van der Waals surface area contributed by atoms with Crippen LogP contribution in [0, 0.1) is 14.9 Å². The Morgan fingerprint density at radius 1 is 1.00 bits per heavy atom. The number of methoxy groups -OCH3 is 1. The SMILES string of the molecule is CO[C@@H]1[C@@H]2OP(=O)([O-])OC[C@H]3O[C@@H](n4cnc5c(N)ncnc54)[C@H](F)[C@@H]3OP(=O)([O-])OC[C@H]2O[C@H]1n1ccc(=O)[nH]c1=O.[CH3+].[CH3+]. The Morgan fingerprint density at radius 3 is 2.27 bits per heavy atom. The van der Waals surface area contributed by atoms with Gasteiger partial charge in [0.05, 0.1) is 19.5 Å². The quantitative estimate of drug-likeness (QED) is 0.242. The number of aromatic nitrogens is 6. The van der Waals surface area contributed by atoms with Crippen molar-refractivity contribution in [1.82, 2.24) is 29.1 Å². The van der Waals surface area contributed by atoms with Crippen LogP contribution in [0.15, 0.2) is 34.5 Å². The molecule has 0 saturated carbocycles. The van der Waals surface area contributed by atoms with Crippen LogP contribution in [-0.2, 0) is 41.4 Å². The highest BCUT2D eigenvalue weighted by molar-refractivity contribution is 7.46. The summed E-state index contributed by atoms with van der Waals surface area (Å²) in [6.07, 6.45) is -10.1. The minimum Gasteiger partial charge on any atom is -0.756 e. The number of rotatable bonds is 3. The van der Waals surface area contributed by atoms with E-state index in [0.29, 0.717) is 0 Å². The smallest absolute Gasteiger partial charge is 0.330 e. The molecule has 3 fully saturated rings. The molecular formula is C22H28FN7O13P2. The Hall–Kier alpha value is -3.20.